The lowest BCUT2D eigenvalue weighted by atomic mass is 10.1. The van der Waals surface area contributed by atoms with Crippen LogP contribution in [0.3, 0.4) is 0 Å². The first-order valence-electron chi connectivity index (χ1n) is 9.39. The maximum atomic E-state index is 12.8. The summed E-state index contributed by atoms with van der Waals surface area (Å²) in [6, 6.07) is 9.99. The van der Waals surface area contributed by atoms with Crippen molar-refractivity contribution in [1.29, 1.82) is 0 Å². The molecule has 30 heavy (non-hydrogen) atoms. The Kier molecular flexibility index (Phi) is 4.57. The summed E-state index contributed by atoms with van der Waals surface area (Å²) in [5, 5.41) is 15.4. The standard InChI is InChI=1S/C20H17N5O4S/c26-19(15-11-21-16-4-2-13(25(27)28)10-14(15)16)22-12-1-3-17-18(9-12)30-20(23-17)24-5-7-29-8-6-24/h1-4,9-11,21H,5-8H2,(H,22,26). The van der Waals surface area contributed by atoms with Crippen LogP contribution in [0.25, 0.3) is 21.1 Å². The number of nitro benzene ring substituents is 1. The van der Waals surface area contributed by atoms with Gasteiger partial charge in [0.15, 0.2) is 5.13 Å². The van der Waals surface area contributed by atoms with Gasteiger partial charge in [-0.3, -0.25) is 14.9 Å². The number of nitrogens with zero attached hydrogens (tertiary/aromatic N) is 3. The summed E-state index contributed by atoms with van der Waals surface area (Å²) in [6.45, 7) is 3.02. The van der Waals surface area contributed by atoms with Crippen molar-refractivity contribution in [3.63, 3.8) is 0 Å². The predicted octanol–water partition coefficient (Wildman–Crippen LogP) is 3.77. The topological polar surface area (TPSA) is 113 Å². The Morgan fingerprint density at radius 1 is 1.23 bits per heavy atom. The molecule has 4 aromatic rings. The van der Waals surface area contributed by atoms with Crippen molar-refractivity contribution < 1.29 is 14.5 Å². The first-order valence-corrected chi connectivity index (χ1v) is 10.2. The van der Waals surface area contributed by atoms with Gasteiger partial charge >= 0.3 is 0 Å². The molecule has 0 saturated carbocycles. The molecule has 0 unspecified atom stereocenters. The van der Waals surface area contributed by atoms with E-state index in [9.17, 15) is 14.9 Å². The number of rotatable bonds is 4. The van der Waals surface area contributed by atoms with Crippen molar-refractivity contribution in [3.8, 4) is 0 Å². The second kappa shape index (κ2) is 7.39. The number of hydrogen-bond donors (Lipinski definition) is 2. The molecule has 0 aliphatic carbocycles. The Morgan fingerprint density at radius 2 is 2.07 bits per heavy atom. The summed E-state index contributed by atoms with van der Waals surface area (Å²) in [5.41, 5.74) is 2.48. The molecule has 0 atom stereocenters. The van der Waals surface area contributed by atoms with Crippen molar-refractivity contribution in [1.82, 2.24) is 9.97 Å². The fourth-order valence-electron chi connectivity index (χ4n) is 3.49. The second-order valence-corrected chi connectivity index (χ2v) is 7.93. The van der Waals surface area contributed by atoms with Gasteiger partial charge < -0.3 is 19.9 Å². The Hall–Kier alpha value is -3.50. The number of fused-ring (bicyclic) bond motifs is 2. The van der Waals surface area contributed by atoms with Gasteiger partial charge in [-0.2, -0.15) is 0 Å². The zero-order valence-electron chi connectivity index (χ0n) is 15.8. The molecule has 1 aliphatic rings. The van der Waals surface area contributed by atoms with Gasteiger partial charge in [-0.1, -0.05) is 11.3 Å². The van der Waals surface area contributed by atoms with Crippen LogP contribution in [-0.2, 0) is 4.74 Å². The van der Waals surface area contributed by atoms with Gasteiger partial charge in [0.25, 0.3) is 11.6 Å². The van der Waals surface area contributed by atoms with E-state index >= 15 is 0 Å². The van der Waals surface area contributed by atoms with Crippen molar-refractivity contribution in [2.75, 3.05) is 36.5 Å². The molecule has 1 aliphatic heterocycles. The monoisotopic (exact) mass is 423 g/mol. The molecule has 2 aromatic heterocycles. The number of nitrogens with one attached hydrogen (secondary N) is 2. The van der Waals surface area contributed by atoms with Gasteiger partial charge in [0.05, 0.1) is 33.9 Å². The highest BCUT2D eigenvalue weighted by molar-refractivity contribution is 7.22. The summed E-state index contributed by atoms with van der Waals surface area (Å²) in [5.74, 6) is -0.334. The average molecular weight is 423 g/mol. The first-order chi connectivity index (χ1) is 14.6. The molecule has 1 fully saturated rings. The van der Waals surface area contributed by atoms with E-state index in [2.05, 4.69) is 20.2 Å². The number of aromatic nitrogens is 2. The number of H-pyrrole nitrogens is 1. The SMILES string of the molecule is O=C(Nc1ccc2nc(N3CCOCC3)sc2c1)c1c[nH]c2ccc([N+](=O)[O-])cc12. The summed E-state index contributed by atoms with van der Waals surface area (Å²) in [4.78, 5) is 33.3. The van der Waals surface area contributed by atoms with Crippen molar-refractivity contribution in [2.24, 2.45) is 0 Å². The fraction of sp³-hybridized carbons (Fsp3) is 0.200. The van der Waals surface area contributed by atoms with Crippen LogP contribution in [0.1, 0.15) is 10.4 Å². The van der Waals surface area contributed by atoms with Crippen LogP contribution in [0, 0.1) is 10.1 Å². The third kappa shape index (κ3) is 3.36. The minimum absolute atomic E-state index is 0.0575. The molecule has 1 saturated heterocycles. The van der Waals surface area contributed by atoms with Crippen molar-refractivity contribution in [3.05, 3.63) is 58.3 Å². The highest BCUT2D eigenvalue weighted by Crippen LogP contribution is 2.31. The normalized spacial score (nSPS) is 14.3. The molecule has 0 spiro atoms. The molecule has 5 rings (SSSR count). The third-order valence-corrected chi connectivity index (χ3v) is 6.12. The predicted molar refractivity (Wildman–Crippen MR) is 116 cm³/mol. The van der Waals surface area contributed by atoms with Crippen LogP contribution in [0.5, 0.6) is 0 Å². The molecule has 9 nitrogen and oxygen atoms in total. The lowest BCUT2D eigenvalue weighted by molar-refractivity contribution is -0.384. The number of benzene rings is 2. The van der Waals surface area contributed by atoms with E-state index in [1.54, 1.807) is 29.7 Å². The van der Waals surface area contributed by atoms with Gasteiger partial charge in [-0.25, -0.2) is 4.98 Å². The Labute approximate surface area is 174 Å². The Balaban J connectivity index is 1.41. The number of carbonyl (C=O) groups is 1. The maximum absolute atomic E-state index is 12.8. The van der Waals surface area contributed by atoms with Gasteiger partial charge in [0.1, 0.15) is 0 Å². The van der Waals surface area contributed by atoms with E-state index in [0.29, 0.717) is 35.4 Å². The molecule has 0 radical (unpaired) electrons. The number of non-ortho nitro benzene ring substituents is 1. The second-order valence-electron chi connectivity index (χ2n) is 6.92. The van der Waals surface area contributed by atoms with Gasteiger partial charge in [0, 0.05) is 48.0 Å². The number of ether oxygens (including phenoxy) is 1. The van der Waals surface area contributed by atoms with Gasteiger partial charge in [-0.05, 0) is 24.3 Å². The summed E-state index contributed by atoms with van der Waals surface area (Å²) >= 11 is 1.58. The van der Waals surface area contributed by atoms with E-state index < -0.39 is 4.92 Å². The molecule has 1 amide bonds. The van der Waals surface area contributed by atoms with Crippen LogP contribution in [0.4, 0.5) is 16.5 Å². The van der Waals surface area contributed by atoms with E-state index in [1.165, 1.54) is 12.1 Å². The molecule has 2 aromatic carbocycles. The number of hydrogen-bond acceptors (Lipinski definition) is 7. The fourth-order valence-corrected chi connectivity index (χ4v) is 4.55. The molecular weight excluding hydrogens is 406 g/mol. The van der Waals surface area contributed by atoms with Gasteiger partial charge in [0.2, 0.25) is 0 Å². The number of morpholine rings is 1. The highest BCUT2D eigenvalue weighted by atomic mass is 32.1. The van der Waals surface area contributed by atoms with Crippen molar-refractivity contribution >= 4 is 54.9 Å². The third-order valence-electron chi connectivity index (χ3n) is 5.04. The van der Waals surface area contributed by atoms with Crippen LogP contribution >= 0.6 is 11.3 Å². The van der Waals surface area contributed by atoms with E-state index in [-0.39, 0.29) is 11.6 Å². The van der Waals surface area contributed by atoms with E-state index in [1.807, 2.05) is 12.1 Å². The molecule has 0 bridgehead atoms. The highest BCUT2D eigenvalue weighted by Gasteiger charge is 2.18. The molecule has 10 heteroatoms. The van der Waals surface area contributed by atoms with E-state index in [0.717, 1.165) is 28.4 Å². The minimum atomic E-state index is -0.474. The van der Waals surface area contributed by atoms with Crippen LogP contribution < -0.4 is 10.2 Å². The smallest absolute Gasteiger partial charge is 0.270 e. The van der Waals surface area contributed by atoms with Crippen LogP contribution in [-0.4, -0.2) is 47.1 Å². The number of anilines is 2. The summed E-state index contributed by atoms with van der Waals surface area (Å²) in [6.07, 6.45) is 1.56. The van der Waals surface area contributed by atoms with Gasteiger partial charge in [-0.15, -0.1) is 0 Å². The summed E-state index contributed by atoms with van der Waals surface area (Å²) in [7, 11) is 0. The largest absolute Gasteiger partial charge is 0.378 e. The molecular formula is C20H17N5O4S. The molecule has 152 valence electrons. The number of thiazole rings is 1. The average Bonchev–Trinajstić information content (AvgIpc) is 3.37. The van der Waals surface area contributed by atoms with E-state index in [4.69, 9.17) is 4.74 Å². The quantitative estimate of drug-likeness (QED) is 0.382. The van der Waals surface area contributed by atoms with Crippen LogP contribution in [0.2, 0.25) is 0 Å². The Morgan fingerprint density at radius 3 is 2.87 bits per heavy atom. The number of carbonyl (C=O) groups excluding carboxylic acids is 1. The number of amides is 1. The number of nitro groups is 1. The first kappa shape index (κ1) is 18.5. The minimum Gasteiger partial charge on any atom is -0.378 e. The number of aromatic amines is 1. The summed E-state index contributed by atoms with van der Waals surface area (Å²) < 4.78 is 6.37. The van der Waals surface area contributed by atoms with Crippen molar-refractivity contribution in [2.45, 2.75) is 0 Å². The molecule has 2 N–H and O–H groups in total. The lowest BCUT2D eigenvalue weighted by Gasteiger charge is -2.25. The molecule has 3 heterocycles. The lowest BCUT2D eigenvalue weighted by Crippen LogP contribution is -2.36. The zero-order valence-corrected chi connectivity index (χ0v) is 16.6. The van der Waals surface area contributed by atoms with Crippen LogP contribution in [0.15, 0.2) is 42.6 Å². The maximum Gasteiger partial charge on any atom is 0.270 e. The zero-order chi connectivity index (χ0) is 20.7. The Bertz CT molecular complexity index is 1270.